The molecule has 1 aromatic heterocycles. The number of fused-ring (bicyclic) bond motifs is 1. The number of nitrogens with zero attached hydrogens (tertiary/aromatic N) is 2. The first kappa shape index (κ1) is 21.8. The highest BCUT2D eigenvalue weighted by atomic mass is 32.2. The molecule has 0 aliphatic carbocycles. The van der Waals surface area contributed by atoms with Gasteiger partial charge in [-0.25, -0.2) is 13.4 Å². The molecular weight excluding hydrogens is 422 g/mol. The first-order chi connectivity index (χ1) is 15.3. The van der Waals surface area contributed by atoms with Crippen LogP contribution in [0.3, 0.4) is 0 Å². The number of rotatable bonds is 7. The highest BCUT2D eigenvalue weighted by molar-refractivity contribution is 7.89. The van der Waals surface area contributed by atoms with Gasteiger partial charge in [0.2, 0.25) is 5.91 Å². The number of sulfone groups is 1. The van der Waals surface area contributed by atoms with E-state index in [4.69, 9.17) is 0 Å². The Bertz CT molecular complexity index is 1340. The predicted molar refractivity (Wildman–Crippen MR) is 127 cm³/mol. The second kappa shape index (κ2) is 8.96. The topological polar surface area (TPSA) is 81.1 Å². The van der Waals surface area contributed by atoms with Gasteiger partial charge in [-0.2, -0.15) is 0 Å². The molecule has 0 radical (unpaired) electrons. The zero-order chi connectivity index (χ0) is 22.7. The molecule has 0 unspecified atom stereocenters. The van der Waals surface area contributed by atoms with Gasteiger partial charge in [0.25, 0.3) is 0 Å². The van der Waals surface area contributed by atoms with E-state index in [1.54, 1.807) is 4.57 Å². The summed E-state index contributed by atoms with van der Waals surface area (Å²) >= 11 is 0. The molecule has 4 rings (SSSR count). The SMILES string of the molecule is C[C@@H](NC(=O)Cn1c(CS(C)(=O)=O)nc2ccccc21)c1ccc(-c2ccccc2)cc1. The molecule has 1 atom stereocenters. The van der Waals surface area contributed by atoms with E-state index in [9.17, 15) is 13.2 Å². The summed E-state index contributed by atoms with van der Waals surface area (Å²) < 4.78 is 25.4. The van der Waals surface area contributed by atoms with Crippen molar-refractivity contribution < 1.29 is 13.2 Å². The minimum Gasteiger partial charge on any atom is -0.348 e. The number of aromatic nitrogens is 2. The van der Waals surface area contributed by atoms with Crippen molar-refractivity contribution in [2.45, 2.75) is 25.3 Å². The molecule has 0 bridgehead atoms. The Morgan fingerprint density at radius 3 is 2.25 bits per heavy atom. The molecule has 0 aliphatic rings. The third-order valence-corrected chi connectivity index (χ3v) is 6.10. The summed E-state index contributed by atoms with van der Waals surface area (Å²) in [6.07, 6.45) is 1.16. The average Bonchev–Trinajstić information content (AvgIpc) is 3.09. The van der Waals surface area contributed by atoms with Crippen LogP contribution in [0.1, 0.15) is 24.4 Å². The number of amides is 1. The molecule has 0 spiro atoms. The fourth-order valence-electron chi connectivity index (χ4n) is 3.76. The maximum atomic E-state index is 12.8. The van der Waals surface area contributed by atoms with Gasteiger partial charge in [0, 0.05) is 6.26 Å². The van der Waals surface area contributed by atoms with E-state index in [2.05, 4.69) is 22.4 Å². The van der Waals surface area contributed by atoms with Crippen molar-refractivity contribution in [3.8, 4) is 11.1 Å². The third kappa shape index (κ3) is 5.06. The number of benzene rings is 3. The summed E-state index contributed by atoms with van der Waals surface area (Å²) in [5.41, 5.74) is 4.65. The number of para-hydroxylation sites is 2. The lowest BCUT2D eigenvalue weighted by atomic mass is 10.0. The van der Waals surface area contributed by atoms with Gasteiger partial charge in [-0.15, -0.1) is 0 Å². The van der Waals surface area contributed by atoms with E-state index in [1.165, 1.54) is 0 Å². The van der Waals surface area contributed by atoms with Gasteiger partial charge in [0.05, 0.1) is 17.1 Å². The van der Waals surface area contributed by atoms with Gasteiger partial charge in [-0.3, -0.25) is 4.79 Å². The van der Waals surface area contributed by atoms with Gasteiger partial charge in [0.1, 0.15) is 18.1 Å². The maximum absolute atomic E-state index is 12.8. The monoisotopic (exact) mass is 447 g/mol. The molecule has 0 aliphatic heterocycles. The standard InChI is InChI=1S/C25H25N3O3S/c1-18(19-12-14-21(15-13-19)20-8-4-3-5-9-20)26-25(29)16-28-23-11-7-6-10-22(23)27-24(28)17-32(2,30)31/h3-15,18H,16-17H2,1-2H3,(H,26,29)/t18-/m1/s1. The van der Waals surface area contributed by atoms with Crippen LogP contribution in [-0.4, -0.2) is 30.1 Å². The van der Waals surface area contributed by atoms with Crippen molar-refractivity contribution in [3.05, 3.63) is 90.3 Å². The van der Waals surface area contributed by atoms with Gasteiger partial charge in [-0.05, 0) is 35.7 Å². The molecule has 1 heterocycles. The number of nitrogens with one attached hydrogen (secondary N) is 1. The van der Waals surface area contributed by atoms with Gasteiger partial charge >= 0.3 is 0 Å². The van der Waals surface area contributed by atoms with Crippen molar-refractivity contribution in [2.75, 3.05) is 6.26 Å². The van der Waals surface area contributed by atoms with Crippen LogP contribution in [0.25, 0.3) is 22.2 Å². The number of hydrogen-bond acceptors (Lipinski definition) is 4. The van der Waals surface area contributed by atoms with E-state index in [-0.39, 0.29) is 24.2 Å². The Balaban J connectivity index is 1.50. The molecule has 3 aromatic carbocycles. The fourth-order valence-corrected chi connectivity index (χ4v) is 4.44. The summed E-state index contributed by atoms with van der Waals surface area (Å²) in [6, 6.07) is 25.4. The Morgan fingerprint density at radius 1 is 0.938 bits per heavy atom. The molecule has 0 fully saturated rings. The van der Waals surface area contributed by atoms with Crippen molar-refractivity contribution in [3.63, 3.8) is 0 Å². The van der Waals surface area contributed by atoms with Crippen LogP contribution in [0.2, 0.25) is 0 Å². The molecule has 32 heavy (non-hydrogen) atoms. The Morgan fingerprint density at radius 2 is 1.56 bits per heavy atom. The lowest BCUT2D eigenvalue weighted by molar-refractivity contribution is -0.122. The lowest BCUT2D eigenvalue weighted by Gasteiger charge is -2.16. The molecule has 1 N–H and O–H groups in total. The van der Waals surface area contributed by atoms with Crippen molar-refractivity contribution in [1.82, 2.24) is 14.9 Å². The Kier molecular flexibility index (Phi) is 6.10. The molecule has 164 valence electrons. The Hall–Kier alpha value is -3.45. The highest BCUT2D eigenvalue weighted by Crippen LogP contribution is 2.22. The summed E-state index contributed by atoms with van der Waals surface area (Å²) in [6.45, 7) is 1.93. The quantitative estimate of drug-likeness (QED) is 0.462. The predicted octanol–water partition coefficient (Wildman–Crippen LogP) is 4.13. The van der Waals surface area contributed by atoms with Crippen LogP contribution in [0.4, 0.5) is 0 Å². The summed E-state index contributed by atoms with van der Waals surface area (Å²) in [7, 11) is -3.29. The van der Waals surface area contributed by atoms with Crippen LogP contribution in [0, 0.1) is 0 Å². The molecular formula is C25H25N3O3S. The molecule has 0 saturated carbocycles. The van der Waals surface area contributed by atoms with E-state index in [0.717, 1.165) is 28.5 Å². The molecule has 7 heteroatoms. The molecule has 6 nitrogen and oxygen atoms in total. The van der Waals surface area contributed by atoms with Gasteiger partial charge in [0.15, 0.2) is 9.84 Å². The number of carbonyl (C=O) groups excluding carboxylic acids is 1. The van der Waals surface area contributed by atoms with Crippen LogP contribution < -0.4 is 5.32 Å². The second-order valence-electron chi connectivity index (χ2n) is 7.95. The molecule has 1 amide bonds. The van der Waals surface area contributed by atoms with Crippen LogP contribution in [-0.2, 0) is 26.9 Å². The second-order valence-corrected chi connectivity index (χ2v) is 10.1. The van der Waals surface area contributed by atoms with Crippen LogP contribution >= 0.6 is 0 Å². The first-order valence-electron chi connectivity index (χ1n) is 10.4. The van der Waals surface area contributed by atoms with E-state index < -0.39 is 9.84 Å². The van der Waals surface area contributed by atoms with E-state index in [1.807, 2.05) is 73.7 Å². The number of carbonyl (C=O) groups is 1. The number of imidazole rings is 1. The van der Waals surface area contributed by atoms with Gasteiger partial charge < -0.3 is 9.88 Å². The summed E-state index contributed by atoms with van der Waals surface area (Å²) in [5.74, 6) is -0.0582. The van der Waals surface area contributed by atoms with Crippen LogP contribution in [0.15, 0.2) is 78.9 Å². The fraction of sp³-hybridized carbons (Fsp3) is 0.200. The van der Waals surface area contributed by atoms with Crippen molar-refractivity contribution >= 4 is 26.8 Å². The summed E-state index contributed by atoms with van der Waals surface area (Å²) in [5, 5.41) is 3.01. The van der Waals surface area contributed by atoms with Crippen molar-refractivity contribution in [2.24, 2.45) is 0 Å². The first-order valence-corrected chi connectivity index (χ1v) is 12.4. The normalized spacial score (nSPS) is 12.6. The maximum Gasteiger partial charge on any atom is 0.240 e. The van der Waals surface area contributed by atoms with Crippen LogP contribution in [0.5, 0.6) is 0 Å². The van der Waals surface area contributed by atoms with E-state index in [0.29, 0.717) is 11.3 Å². The molecule has 0 saturated heterocycles. The summed E-state index contributed by atoms with van der Waals surface area (Å²) in [4.78, 5) is 17.3. The smallest absolute Gasteiger partial charge is 0.240 e. The van der Waals surface area contributed by atoms with E-state index >= 15 is 0 Å². The largest absolute Gasteiger partial charge is 0.348 e. The highest BCUT2D eigenvalue weighted by Gasteiger charge is 2.18. The number of hydrogen-bond donors (Lipinski definition) is 1. The zero-order valence-corrected chi connectivity index (χ0v) is 18.8. The third-order valence-electron chi connectivity index (χ3n) is 5.32. The van der Waals surface area contributed by atoms with Gasteiger partial charge in [-0.1, -0.05) is 66.7 Å². The van der Waals surface area contributed by atoms with Crippen molar-refractivity contribution in [1.29, 1.82) is 0 Å². The Labute approximate surface area is 187 Å². The zero-order valence-electron chi connectivity index (χ0n) is 18.0. The average molecular weight is 448 g/mol. The lowest BCUT2D eigenvalue weighted by Crippen LogP contribution is -2.30. The minimum atomic E-state index is -3.29. The minimum absolute atomic E-state index is 0.00218. The molecule has 4 aromatic rings.